The lowest BCUT2D eigenvalue weighted by Gasteiger charge is -2.14. The summed E-state index contributed by atoms with van der Waals surface area (Å²) in [5, 5.41) is 6.73. The number of aryl methyl sites for hydroxylation is 1. The Bertz CT molecular complexity index is 283. The molecule has 0 radical (unpaired) electrons. The minimum absolute atomic E-state index is 0.0338. The predicted molar refractivity (Wildman–Crippen MR) is 52.8 cm³/mol. The molecule has 0 fully saturated rings. The van der Waals surface area contributed by atoms with Crippen LogP contribution in [0.2, 0.25) is 0 Å². The van der Waals surface area contributed by atoms with Crippen LogP contribution in [-0.4, -0.2) is 33.5 Å². The summed E-state index contributed by atoms with van der Waals surface area (Å²) in [4.78, 5) is 3.78. The molecule has 92 valence electrons. The smallest absolute Gasteiger partial charge is 0.314 e. The van der Waals surface area contributed by atoms with Gasteiger partial charge in [0.2, 0.25) is 0 Å². The van der Waals surface area contributed by atoms with Crippen LogP contribution >= 0.6 is 0 Å². The Morgan fingerprint density at radius 1 is 1.44 bits per heavy atom. The van der Waals surface area contributed by atoms with Crippen molar-refractivity contribution < 1.29 is 13.2 Å². The fourth-order valence-electron chi connectivity index (χ4n) is 1.24. The number of hydrogen-bond acceptors (Lipinski definition) is 3. The van der Waals surface area contributed by atoms with Crippen LogP contribution in [0.5, 0.6) is 0 Å². The van der Waals surface area contributed by atoms with E-state index in [-0.39, 0.29) is 12.6 Å². The molecule has 1 rings (SSSR count). The molecule has 1 atom stereocenters. The summed E-state index contributed by atoms with van der Waals surface area (Å²) in [7, 11) is 0. The van der Waals surface area contributed by atoms with Gasteiger partial charge in [-0.1, -0.05) is 0 Å². The average Bonchev–Trinajstić information content (AvgIpc) is 2.65. The molecule has 1 aromatic heterocycles. The van der Waals surface area contributed by atoms with Crippen molar-refractivity contribution in [1.29, 1.82) is 0 Å². The van der Waals surface area contributed by atoms with Gasteiger partial charge in [0, 0.05) is 19.1 Å². The zero-order chi connectivity index (χ0) is 12.0. The molecule has 16 heavy (non-hydrogen) atoms. The second kappa shape index (κ2) is 5.83. The molecule has 1 N–H and O–H groups in total. The zero-order valence-corrected chi connectivity index (χ0v) is 9.04. The molecule has 0 aliphatic heterocycles. The lowest BCUT2D eigenvalue weighted by atomic mass is 10.2. The Morgan fingerprint density at radius 3 is 2.75 bits per heavy atom. The minimum Gasteiger partial charge on any atom is -0.314 e. The van der Waals surface area contributed by atoms with Gasteiger partial charge in [-0.25, -0.2) is 4.98 Å². The third-order valence-corrected chi connectivity index (χ3v) is 2.16. The summed E-state index contributed by atoms with van der Waals surface area (Å²) >= 11 is 0. The number of rotatable bonds is 6. The van der Waals surface area contributed by atoms with E-state index in [0.29, 0.717) is 6.54 Å². The third kappa shape index (κ3) is 5.69. The van der Waals surface area contributed by atoms with Crippen LogP contribution in [0.1, 0.15) is 19.8 Å². The van der Waals surface area contributed by atoms with Crippen molar-refractivity contribution in [2.45, 2.75) is 38.5 Å². The van der Waals surface area contributed by atoms with Crippen LogP contribution in [0.15, 0.2) is 12.7 Å². The zero-order valence-electron chi connectivity index (χ0n) is 9.04. The fraction of sp³-hybridized carbons (Fsp3) is 0.778. The van der Waals surface area contributed by atoms with Crippen molar-refractivity contribution in [1.82, 2.24) is 20.1 Å². The predicted octanol–water partition coefficient (Wildman–Crippen LogP) is 1.60. The summed E-state index contributed by atoms with van der Waals surface area (Å²) < 4.78 is 37.2. The number of nitrogens with one attached hydrogen (secondary N) is 1. The number of aromatic nitrogens is 3. The van der Waals surface area contributed by atoms with E-state index in [0.717, 1.165) is 6.42 Å². The lowest BCUT2D eigenvalue weighted by molar-refractivity contribution is -0.133. The Balaban J connectivity index is 2.09. The molecule has 0 aliphatic rings. The Hall–Kier alpha value is -1.11. The normalized spacial score (nSPS) is 14.0. The molecule has 0 spiro atoms. The first-order chi connectivity index (χ1) is 7.47. The monoisotopic (exact) mass is 236 g/mol. The highest BCUT2D eigenvalue weighted by Crippen LogP contribution is 2.18. The quantitative estimate of drug-likeness (QED) is 0.815. The maximum absolute atomic E-state index is 11.9. The van der Waals surface area contributed by atoms with Gasteiger partial charge in [0.05, 0.1) is 6.42 Å². The largest absolute Gasteiger partial charge is 0.390 e. The van der Waals surface area contributed by atoms with E-state index in [1.54, 1.807) is 11.0 Å². The van der Waals surface area contributed by atoms with Crippen molar-refractivity contribution in [3.8, 4) is 0 Å². The second-order valence-electron chi connectivity index (χ2n) is 3.67. The van der Waals surface area contributed by atoms with Gasteiger partial charge in [-0.3, -0.25) is 4.68 Å². The van der Waals surface area contributed by atoms with Crippen molar-refractivity contribution in [3.63, 3.8) is 0 Å². The molecule has 1 aromatic rings. The number of alkyl halides is 3. The van der Waals surface area contributed by atoms with Crippen LogP contribution < -0.4 is 5.32 Å². The average molecular weight is 236 g/mol. The number of halogens is 3. The molecule has 0 amide bonds. The van der Waals surface area contributed by atoms with E-state index in [1.807, 2.05) is 6.92 Å². The van der Waals surface area contributed by atoms with Crippen LogP contribution in [0.3, 0.4) is 0 Å². The molecular formula is C9H15F3N4. The SMILES string of the molecule is CC(CCn1cncn1)NCCC(F)(F)F. The molecule has 0 saturated carbocycles. The standard InChI is InChI=1S/C9H15F3N4/c1-8(14-4-3-9(10,11)12)2-5-16-7-13-6-15-16/h6-8,14H,2-5H2,1H3. The minimum atomic E-state index is -4.08. The summed E-state index contributed by atoms with van der Waals surface area (Å²) in [5.74, 6) is 0. The summed E-state index contributed by atoms with van der Waals surface area (Å²) in [5.41, 5.74) is 0. The molecule has 1 heterocycles. The van der Waals surface area contributed by atoms with E-state index >= 15 is 0 Å². The molecule has 0 aliphatic carbocycles. The first-order valence-corrected chi connectivity index (χ1v) is 5.10. The van der Waals surface area contributed by atoms with Crippen LogP contribution in [-0.2, 0) is 6.54 Å². The maximum Gasteiger partial charge on any atom is 0.390 e. The van der Waals surface area contributed by atoms with Gasteiger partial charge in [-0.2, -0.15) is 18.3 Å². The molecular weight excluding hydrogens is 221 g/mol. The molecule has 7 heteroatoms. The molecule has 0 aromatic carbocycles. The Labute approximate surface area is 91.9 Å². The Kier molecular flexibility index (Phi) is 4.72. The maximum atomic E-state index is 11.9. The highest BCUT2D eigenvalue weighted by molar-refractivity contribution is 4.64. The second-order valence-corrected chi connectivity index (χ2v) is 3.67. The van der Waals surface area contributed by atoms with Crippen LogP contribution in [0.25, 0.3) is 0 Å². The lowest BCUT2D eigenvalue weighted by Crippen LogP contribution is -2.30. The molecule has 4 nitrogen and oxygen atoms in total. The van der Waals surface area contributed by atoms with Crippen LogP contribution in [0.4, 0.5) is 13.2 Å². The van der Waals surface area contributed by atoms with Gasteiger partial charge in [-0.05, 0) is 13.3 Å². The molecule has 0 bridgehead atoms. The molecule has 1 unspecified atom stereocenters. The van der Waals surface area contributed by atoms with E-state index in [2.05, 4.69) is 15.4 Å². The van der Waals surface area contributed by atoms with Crippen molar-refractivity contribution >= 4 is 0 Å². The highest BCUT2D eigenvalue weighted by Gasteiger charge is 2.26. The number of hydrogen-bond donors (Lipinski definition) is 1. The van der Waals surface area contributed by atoms with E-state index < -0.39 is 12.6 Å². The van der Waals surface area contributed by atoms with Gasteiger partial charge < -0.3 is 5.32 Å². The highest BCUT2D eigenvalue weighted by atomic mass is 19.4. The van der Waals surface area contributed by atoms with Crippen molar-refractivity contribution in [2.75, 3.05) is 6.54 Å². The number of nitrogens with zero attached hydrogens (tertiary/aromatic N) is 3. The van der Waals surface area contributed by atoms with E-state index in [1.165, 1.54) is 6.33 Å². The topological polar surface area (TPSA) is 42.7 Å². The van der Waals surface area contributed by atoms with Crippen molar-refractivity contribution in [3.05, 3.63) is 12.7 Å². The Morgan fingerprint density at radius 2 is 2.19 bits per heavy atom. The first kappa shape index (κ1) is 13.0. The van der Waals surface area contributed by atoms with Gasteiger partial charge >= 0.3 is 6.18 Å². The van der Waals surface area contributed by atoms with Crippen LogP contribution in [0, 0.1) is 0 Å². The molecule has 0 saturated heterocycles. The van der Waals surface area contributed by atoms with Gasteiger partial charge in [-0.15, -0.1) is 0 Å². The fourth-order valence-corrected chi connectivity index (χ4v) is 1.24. The van der Waals surface area contributed by atoms with E-state index in [4.69, 9.17) is 0 Å². The van der Waals surface area contributed by atoms with Gasteiger partial charge in [0.15, 0.2) is 0 Å². The first-order valence-electron chi connectivity index (χ1n) is 5.10. The summed E-state index contributed by atoms with van der Waals surface area (Å²) in [6.07, 6.45) is -1.13. The summed E-state index contributed by atoms with van der Waals surface area (Å²) in [6.45, 7) is 2.47. The van der Waals surface area contributed by atoms with Gasteiger partial charge in [0.25, 0.3) is 0 Å². The summed E-state index contributed by atoms with van der Waals surface area (Å²) in [6, 6.07) is 0.0338. The van der Waals surface area contributed by atoms with Gasteiger partial charge in [0.1, 0.15) is 12.7 Å². The third-order valence-electron chi connectivity index (χ3n) is 2.16. The van der Waals surface area contributed by atoms with E-state index in [9.17, 15) is 13.2 Å². The van der Waals surface area contributed by atoms with Crippen molar-refractivity contribution in [2.24, 2.45) is 0 Å².